The molecule has 18 heavy (non-hydrogen) atoms. The Morgan fingerprint density at radius 3 is 2.50 bits per heavy atom. The highest BCUT2D eigenvalue weighted by Crippen LogP contribution is 2.26. The van der Waals surface area contributed by atoms with Crippen molar-refractivity contribution >= 4 is 5.91 Å². The molecule has 0 aliphatic carbocycles. The van der Waals surface area contributed by atoms with Crippen LogP contribution in [0.15, 0.2) is 30.3 Å². The second kappa shape index (κ2) is 5.08. The third kappa shape index (κ3) is 2.26. The summed E-state index contributed by atoms with van der Waals surface area (Å²) in [6, 6.07) is 9.28. The molecule has 0 bridgehead atoms. The number of aliphatic hydroxyl groups is 1. The Morgan fingerprint density at radius 2 is 1.94 bits per heavy atom. The monoisotopic (exact) mass is 248 g/mol. The van der Waals surface area contributed by atoms with Gasteiger partial charge in [-0.2, -0.15) is 0 Å². The van der Waals surface area contributed by atoms with Crippen molar-refractivity contribution in [2.24, 2.45) is 5.92 Å². The molecule has 1 aliphatic heterocycles. The van der Waals surface area contributed by atoms with Crippen molar-refractivity contribution in [3.63, 3.8) is 0 Å². The van der Waals surface area contributed by atoms with Gasteiger partial charge in [-0.3, -0.25) is 4.79 Å². The van der Waals surface area contributed by atoms with Crippen LogP contribution < -0.4 is 0 Å². The van der Waals surface area contributed by atoms with Crippen LogP contribution in [0, 0.1) is 5.92 Å². The van der Waals surface area contributed by atoms with Crippen molar-refractivity contribution in [2.75, 3.05) is 6.54 Å². The number of aliphatic hydroxyl groups excluding tert-OH is 1. The lowest BCUT2D eigenvalue weighted by Crippen LogP contribution is -2.48. The molecular formula is C14H20N2O2. The fourth-order valence-corrected chi connectivity index (χ4v) is 2.28. The number of amides is 1. The molecule has 2 unspecified atom stereocenters. The lowest BCUT2D eigenvalue weighted by Gasteiger charge is -2.32. The fourth-order valence-electron chi connectivity index (χ4n) is 2.28. The molecule has 0 aromatic heterocycles. The number of benzene rings is 1. The second-order valence-electron chi connectivity index (χ2n) is 5.12. The van der Waals surface area contributed by atoms with E-state index in [2.05, 4.69) is 0 Å². The molecule has 1 aromatic carbocycles. The molecule has 4 heteroatoms. The van der Waals surface area contributed by atoms with Crippen molar-refractivity contribution in [3.8, 4) is 0 Å². The fraction of sp³-hybridized carbons (Fsp3) is 0.500. The first-order valence-electron chi connectivity index (χ1n) is 6.35. The molecule has 0 spiro atoms. The molecular weight excluding hydrogens is 228 g/mol. The number of carbonyl (C=O) groups is 1. The van der Waals surface area contributed by atoms with Crippen LogP contribution in [0.5, 0.6) is 0 Å². The third-order valence-corrected chi connectivity index (χ3v) is 3.34. The largest absolute Gasteiger partial charge is 0.372 e. The Kier molecular flexibility index (Phi) is 3.68. The zero-order valence-corrected chi connectivity index (χ0v) is 11.1. The Balaban J connectivity index is 2.27. The second-order valence-corrected chi connectivity index (χ2v) is 5.12. The Morgan fingerprint density at radius 1 is 1.33 bits per heavy atom. The van der Waals surface area contributed by atoms with Gasteiger partial charge in [-0.25, -0.2) is 10.0 Å². The van der Waals surface area contributed by atoms with E-state index < -0.39 is 6.23 Å². The van der Waals surface area contributed by atoms with Gasteiger partial charge in [-0.1, -0.05) is 25.1 Å². The van der Waals surface area contributed by atoms with Gasteiger partial charge in [0.2, 0.25) is 0 Å². The maximum absolute atomic E-state index is 12.4. The maximum atomic E-state index is 12.4. The van der Waals surface area contributed by atoms with Crippen LogP contribution in [0.3, 0.4) is 0 Å². The lowest BCUT2D eigenvalue weighted by molar-refractivity contribution is -0.0741. The first kappa shape index (κ1) is 13.1. The standard InChI is InChI=1S/C14H20N2O2/c1-10(2)15-9-11(3)13(17)16(15)14(18)12-7-5-4-6-8-12/h4-8,10-11,13,17H,9H2,1-3H3. The molecule has 1 N–H and O–H groups in total. The minimum Gasteiger partial charge on any atom is -0.372 e. The molecule has 1 aromatic rings. The SMILES string of the molecule is CC1CN(C(C)C)N(C(=O)c2ccccc2)C1O. The van der Waals surface area contributed by atoms with Crippen LogP contribution in [0.1, 0.15) is 31.1 Å². The summed E-state index contributed by atoms with van der Waals surface area (Å²) in [5.41, 5.74) is 0.608. The smallest absolute Gasteiger partial charge is 0.270 e. The van der Waals surface area contributed by atoms with E-state index in [-0.39, 0.29) is 17.9 Å². The highest BCUT2D eigenvalue weighted by Gasteiger charge is 2.40. The molecule has 1 fully saturated rings. The van der Waals surface area contributed by atoms with Gasteiger partial charge in [-0.05, 0) is 26.0 Å². The summed E-state index contributed by atoms with van der Waals surface area (Å²) in [5, 5.41) is 13.6. The topological polar surface area (TPSA) is 43.8 Å². The van der Waals surface area contributed by atoms with E-state index in [1.54, 1.807) is 12.1 Å². The quantitative estimate of drug-likeness (QED) is 0.866. The van der Waals surface area contributed by atoms with Crippen LogP contribution in [0.25, 0.3) is 0 Å². The first-order chi connectivity index (χ1) is 8.52. The van der Waals surface area contributed by atoms with E-state index in [4.69, 9.17) is 0 Å². The zero-order valence-electron chi connectivity index (χ0n) is 11.1. The maximum Gasteiger partial charge on any atom is 0.270 e. The van der Waals surface area contributed by atoms with Gasteiger partial charge in [0.1, 0.15) is 6.23 Å². The summed E-state index contributed by atoms with van der Waals surface area (Å²) < 4.78 is 0. The van der Waals surface area contributed by atoms with Gasteiger partial charge < -0.3 is 5.11 Å². The average Bonchev–Trinajstić information content (AvgIpc) is 2.66. The minimum absolute atomic E-state index is 0.0695. The summed E-state index contributed by atoms with van der Waals surface area (Å²) in [5.74, 6) is -0.0683. The number of hydrazine groups is 1. The van der Waals surface area contributed by atoms with E-state index in [1.165, 1.54) is 5.01 Å². The molecule has 1 saturated heterocycles. The number of hydrogen-bond acceptors (Lipinski definition) is 3. The molecule has 4 nitrogen and oxygen atoms in total. The Hall–Kier alpha value is -1.39. The molecule has 98 valence electrons. The van der Waals surface area contributed by atoms with Crippen molar-refractivity contribution in [1.29, 1.82) is 0 Å². The van der Waals surface area contributed by atoms with Crippen LogP contribution in [0.2, 0.25) is 0 Å². The minimum atomic E-state index is -0.736. The first-order valence-corrected chi connectivity index (χ1v) is 6.35. The van der Waals surface area contributed by atoms with Gasteiger partial charge in [0.25, 0.3) is 5.91 Å². The van der Waals surface area contributed by atoms with Crippen molar-refractivity contribution in [1.82, 2.24) is 10.0 Å². The van der Waals surface area contributed by atoms with Gasteiger partial charge in [0.15, 0.2) is 0 Å². The van der Waals surface area contributed by atoms with Crippen LogP contribution in [-0.2, 0) is 0 Å². The average molecular weight is 248 g/mol. The molecule has 0 saturated carbocycles. The summed E-state index contributed by atoms with van der Waals surface area (Å²) in [7, 11) is 0. The van der Waals surface area contributed by atoms with E-state index in [9.17, 15) is 9.90 Å². The van der Waals surface area contributed by atoms with Gasteiger partial charge in [-0.15, -0.1) is 0 Å². The van der Waals surface area contributed by atoms with Gasteiger partial charge >= 0.3 is 0 Å². The van der Waals surface area contributed by atoms with E-state index in [0.717, 1.165) is 0 Å². The van der Waals surface area contributed by atoms with E-state index in [0.29, 0.717) is 12.1 Å². The highest BCUT2D eigenvalue weighted by atomic mass is 16.3. The summed E-state index contributed by atoms with van der Waals surface area (Å²) in [6.07, 6.45) is -0.736. The summed E-state index contributed by atoms with van der Waals surface area (Å²) in [4.78, 5) is 12.4. The number of rotatable bonds is 2. The Bertz CT molecular complexity index is 419. The highest BCUT2D eigenvalue weighted by molar-refractivity contribution is 5.94. The van der Waals surface area contributed by atoms with Gasteiger partial charge in [0.05, 0.1) is 0 Å². The normalized spacial score (nSPS) is 24.8. The molecule has 0 radical (unpaired) electrons. The summed E-state index contributed by atoms with van der Waals surface area (Å²) >= 11 is 0. The van der Waals surface area contributed by atoms with E-state index in [1.807, 2.05) is 44.0 Å². The lowest BCUT2D eigenvalue weighted by atomic mass is 10.1. The number of nitrogens with zero attached hydrogens (tertiary/aromatic N) is 2. The number of hydrogen-bond donors (Lipinski definition) is 1. The van der Waals surface area contributed by atoms with Crippen LogP contribution >= 0.6 is 0 Å². The van der Waals surface area contributed by atoms with Crippen molar-refractivity contribution in [2.45, 2.75) is 33.0 Å². The molecule has 1 amide bonds. The zero-order chi connectivity index (χ0) is 13.3. The third-order valence-electron chi connectivity index (χ3n) is 3.34. The molecule has 1 heterocycles. The van der Waals surface area contributed by atoms with Crippen molar-refractivity contribution < 1.29 is 9.90 Å². The van der Waals surface area contributed by atoms with Crippen molar-refractivity contribution in [3.05, 3.63) is 35.9 Å². The van der Waals surface area contributed by atoms with E-state index >= 15 is 0 Å². The predicted octanol–water partition coefficient (Wildman–Crippen LogP) is 1.72. The van der Waals surface area contributed by atoms with Crippen LogP contribution in [-0.4, -0.2) is 39.8 Å². The molecule has 2 rings (SSSR count). The summed E-state index contributed by atoms with van der Waals surface area (Å²) in [6.45, 7) is 6.71. The predicted molar refractivity (Wildman–Crippen MR) is 69.6 cm³/mol. The number of carbonyl (C=O) groups excluding carboxylic acids is 1. The van der Waals surface area contributed by atoms with Crippen LogP contribution in [0.4, 0.5) is 0 Å². The van der Waals surface area contributed by atoms with Gasteiger partial charge in [0, 0.05) is 24.1 Å². The molecule has 2 atom stereocenters. The Labute approximate surface area is 108 Å². The molecule has 1 aliphatic rings.